The number of carbonyl (C=O) groups excluding carboxylic acids is 2. The van der Waals surface area contributed by atoms with Gasteiger partial charge in [0, 0.05) is 13.1 Å². The van der Waals surface area contributed by atoms with Crippen LogP contribution in [0.1, 0.15) is 50.9 Å². The zero-order valence-corrected chi connectivity index (χ0v) is 25.8. The molecule has 1 aromatic carbocycles. The number of fused-ring (bicyclic) bond motifs is 2. The largest absolute Gasteiger partial charge is 0.507 e. The SMILES string of the molecule is C=CC(=O)N1CCN2c3nc(=O)n(-c4c(C(C)C)ncnc4C(C)C)c4nc(-c5c(O)cccc5F)c(Cl)c(c34)NC(=O)C2C1. The van der Waals surface area contributed by atoms with Gasteiger partial charge in [-0.25, -0.2) is 28.7 Å². The highest BCUT2D eigenvalue weighted by atomic mass is 35.5. The van der Waals surface area contributed by atoms with E-state index in [4.69, 9.17) is 16.6 Å². The summed E-state index contributed by atoms with van der Waals surface area (Å²) in [4.78, 5) is 61.9. The lowest BCUT2D eigenvalue weighted by molar-refractivity contribution is -0.128. The van der Waals surface area contributed by atoms with E-state index in [1.165, 1.54) is 34.0 Å². The Bertz CT molecular complexity index is 1930. The first kappa shape index (κ1) is 30.1. The number of hydrogen-bond donors (Lipinski definition) is 2. The van der Waals surface area contributed by atoms with E-state index in [1.807, 2.05) is 27.7 Å². The second kappa shape index (κ2) is 11.2. The molecule has 5 heterocycles. The molecule has 12 nitrogen and oxygen atoms in total. The lowest BCUT2D eigenvalue weighted by Crippen LogP contribution is -2.58. The molecule has 0 aliphatic carbocycles. The van der Waals surface area contributed by atoms with E-state index in [0.717, 1.165) is 6.07 Å². The summed E-state index contributed by atoms with van der Waals surface area (Å²) in [5.74, 6) is -2.31. The minimum Gasteiger partial charge on any atom is -0.507 e. The number of benzene rings is 1. The predicted molar refractivity (Wildman–Crippen MR) is 168 cm³/mol. The highest BCUT2D eigenvalue weighted by Crippen LogP contribution is 2.46. The Balaban J connectivity index is 1.76. The number of aromatic hydroxyl groups is 1. The molecule has 2 amide bonds. The van der Waals surface area contributed by atoms with Gasteiger partial charge >= 0.3 is 5.69 Å². The van der Waals surface area contributed by atoms with Gasteiger partial charge in [0.05, 0.1) is 45.3 Å². The molecular weight excluding hydrogens is 603 g/mol. The number of aromatic nitrogens is 5. The minimum absolute atomic E-state index is 0.00574. The third kappa shape index (κ3) is 4.78. The number of phenolic OH excluding ortho intramolecular Hbond substituents is 1. The second-order valence-corrected chi connectivity index (χ2v) is 11.9. The van der Waals surface area contributed by atoms with E-state index in [1.54, 1.807) is 4.90 Å². The van der Waals surface area contributed by atoms with Crippen LogP contribution in [-0.4, -0.2) is 72.0 Å². The molecule has 0 saturated carbocycles. The van der Waals surface area contributed by atoms with Crippen LogP contribution in [-0.2, 0) is 9.59 Å². The number of hydrogen-bond acceptors (Lipinski definition) is 9. The fourth-order valence-corrected chi connectivity index (χ4v) is 6.21. The van der Waals surface area contributed by atoms with E-state index in [-0.39, 0.29) is 76.2 Å². The van der Waals surface area contributed by atoms with E-state index >= 15 is 4.39 Å². The van der Waals surface area contributed by atoms with Gasteiger partial charge in [0.1, 0.15) is 35.4 Å². The number of anilines is 2. The van der Waals surface area contributed by atoms with Gasteiger partial charge in [0.15, 0.2) is 5.65 Å². The zero-order valence-electron chi connectivity index (χ0n) is 25.0. The molecule has 3 aromatic heterocycles. The van der Waals surface area contributed by atoms with Crippen molar-refractivity contribution in [1.29, 1.82) is 0 Å². The lowest BCUT2D eigenvalue weighted by atomic mass is 10.0. The van der Waals surface area contributed by atoms with Crippen LogP contribution in [0.4, 0.5) is 15.9 Å². The summed E-state index contributed by atoms with van der Waals surface area (Å²) >= 11 is 6.92. The van der Waals surface area contributed by atoms with E-state index in [9.17, 15) is 19.5 Å². The highest BCUT2D eigenvalue weighted by Gasteiger charge is 2.41. The summed E-state index contributed by atoms with van der Waals surface area (Å²) in [6.07, 6.45) is 2.61. The average Bonchev–Trinajstić information content (AvgIpc) is 3.12. The fourth-order valence-electron chi connectivity index (χ4n) is 5.93. The van der Waals surface area contributed by atoms with Crippen molar-refractivity contribution in [2.45, 2.75) is 45.6 Å². The van der Waals surface area contributed by atoms with E-state index < -0.39 is 29.2 Å². The first-order valence-corrected chi connectivity index (χ1v) is 14.8. The normalized spacial score (nSPS) is 16.2. The number of piperazine rings is 1. The van der Waals surface area contributed by atoms with Crippen LogP contribution in [0.2, 0.25) is 5.02 Å². The molecule has 1 unspecified atom stereocenters. The van der Waals surface area contributed by atoms with Crippen molar-refractivity contribution >= 4 is 46.0 Å². The summed E-state index contributed by atoms with van der Waals surface area (Å²) in [7, 11) is 0. The summed E-state index contributed by atoms with van der Waals surface area (Å²) in [5, 5.41) is 13.7. The van der Waals surface area contributed by atoms with Crippen LogP contribution >= 0.6 is 11.6 Å². The Hall–Kier alpha value is -4.91. The molecule has 14 heteroatoms. The first-order chi connectivity index (χ1) is 21.4. The molecule has 2 aliphatic rings. The predicted octanol–water partition coefficient (Wildman–Crippen LogP) is 4.14. The third-order valence-electron chi connectivity index (χ3n) is 8.06. The van der Waals surface area contributed by atoms with Gasteiger partial charge < -0.3 is 20.2 Å². The lowest BCUT2D eigenvalue weighted by Gasteiger charge is -2.39. The maximum atomic E-state index is 15.3. The van der Waals surface area contributed by atoms with Gasteiger partial charge in [-0.2, -0.15) is 4.98 Å². The van der Waals surface area contributed by atoms with Crippen molar-refractivity contribution in [3.05, 3.63) is 69.9 Å². The average molecular weight is 633 g/mol. The van der Waals surface area contributed by atoms with Gasteiger partial charge in [-0.1, -0.05) is 51.9 Å². The number of rotatable bonds is 5. The fraction of sp³-hybridized carbons (Fsp3) is 0.323. The standard InChI is InChI=1S/C31H30ClFN8O4/c1-6-19(43)39-10-11-40-17(12-39)30(44)37-26-21-28(40)38-31(45)41(27-23(14(2)3)34-13-35-24(27)15(4)5)29(21)36-25(22(26)32)20-16(33)8-7-9-18(20)42/h6-9,13-15,17,42H,1,10-12H2,2-5H3,(H,37,44). The van der Waals surface area contributed by atoms with Crippen LogP contribution < -0.4 is 15.9 Å². The van der Waals surface area contributed by atoms with Crippen LogP contribution in [0.25, 0.3) is 28.0 Å². The van der Waals surface area contributed by atoms with E-state index in [0.29, 0.717) is 17.1 Å². The van der Waals surface area contributed by atoms with Crippen LogP contribution in [0.5, 0.6) is 5.75 Å². The Morgan fingerprint density at radius 2 is 1.82 bits per heavy atom. The van der Waals surface area contributed by atoms with Crippen molar-refractivity contribution in [2.75, 3.05) is 29.9 Å². The Kier molecular flexibility index (Phi) is 7.51. The monoisotopic (exact) mass is 632 g/mol. The molecular formula is C31H30ClFN8O4. The molecule has 0 bridgehead atoms. The smallest absolute Gasteiger partial charge is 0.355 e. The molecule has 45 heavy (non-hydrogen) atoms. The summed E-state index contributed by atoms with van der Waals surface area (Å²) in [6.45, 7) is 11.6. The molecule has 0 spiro atoms. The summed E-state index contributed by atoms with van der Waals surface area (Å²) in [5.41, 5.74) is 0.258. The minimum atomic E-state index is -0.945. The second-order valence-electron chi connectivity index (χ2n) is 11.5. The number of nitrogens with zero attached hydrogens (tertiary/aromatic N) is 7. The molecule has 232 valence electrons. The number of nitrogens with one attached hydrogen (secondary N) is 1. The van der Waals surface area contributed by atoms with Gasteiger partial charge in [-0.3, -0.25) is 9.59 Å². The Labute approximate surface area is 262 Å². The van der Waals surface area contributed by atoms with Gasteiger partial charge in [0.2, 0.25) is 11.8 Å². The quantitative estimate of drug-likeness (QED) is 0.310. The number of carbonyl (C=O) groups is 2. The van der Waals surface area contributed by atoms with Crippen molar-refractivity contribution in [2.24, 2.45) is 0 Å². The third-order valence-corrected chi connectivity index (χ3v) is 8.43. The molecule has 4 aromatic rings. The van der Waals surface area contributed by atoms with Crippen molar-refractivity contribution in [3.63, 3.8) is 0 Å². The summed E-state index contributed by atoms with van der Waals surface area (Å²) < 4.78 is 16.6. The molecule has 2 aliphatic heterocycles. The number of amides is 2. The maximum Gasteiger partial charge on any atom is 0.355 e. The van der Waals surface area contributed by atoms with Crippen LogP contribution in [0.3, 0.4) is 0 Å². The highest BCUT2D eigenvalue weighted by molar-refractivity contribution is 6.38. The van der Waals surface area contributed by atoms with Crippen LogP contribution in [0.15, 0.2) is 42.0 Å². The maximum absolute atomic E-state index is 15.3. The molecule has 2 N–H and O–H groups in total. The molecule has 6 rings (SSSR count). The van der Waals surface area contributed by atoms with Crippen molar-refractivity contribution in [3.8, 4) is 22.7 Å². The molecule has 1 saturated heterocycles. The van der Waals surface area contributed by atoms with Gasteiger partial charge in [-0.05, 0) is 30.0 Å². The molecule has 1 fully saturated rings. The molecule has 0 radical (unpaired) electrons. The van der Waals surface area contributed by atoms with Crippen molar-refractivity contribution in [1.82, 2.24) is 29.4 Å². The van der Waals surface area contributed by atoms with Crippen molar-refractivity contribution < 1.29 is 19.1 Å². The van der Waals surface area contributed by atoms with Gasteiger partial charge in [0.25, 0.3) is 0 Å². The number of pyridine rings is 1. The zero-order chi connectivity index (χ0) is 32.3. The summed E-state index contributed by atoms with van der Waals surface area (Å²) in [6, 6.07) is 2.81. The first-order valence-electron chi connectivity index (χ1n) is 14.4. The number of halogens is 2. The molecule has 1 atom stereocenters. The Morgan fingerprint density at radius 3 is 2.44 bits per heavy atom. The van der Waals surface area contributed by atoms with E-state index in [2.05, 4.69) is 26.8 Å². The van der Waals surface area contributed by atoms with Crippen LogP contribution in [0, 0.1) is 5.82 Å². The topological polar surface area (TPSA) is 146 Å². The van der Waals surface area contributed by atoms with Gasteiger partial charge in [-0.15, -0.1) is 0 Å². The Morgan fingerprint density at radius 1 is 1.13 bits per heavy atom. The number of phenols is 1.